The molecular weight excluding hydrogens is 238 g/mol. The second-order valence-corrected chi connectivity index (χ2v) is 4.26. The summed E-state index contributed by atoms with van der Waals surface area (Å²) in [6, 6.07) is 0. The van der Waals surface area contributed by atoms with Gasteiger partial charge in [0.2, 0.25) is 5.75 Å². The Labute approximate surface area is 104 Å². The lowest BCUT2D eigenvalue weighted by molar-refractivity contribution is -0.135. The molecule has 0 aliphatic rings. The molecule has 0 aliphatic heterocycles. The van der Waals surface area contributed by atoms with Crippen molar-refractivity contribution >= 4 is 11.8 Å². The average Bonchev–Trinajstić information content (AvgIpc) is 2.26. The maximum atomic E-state index is 11.6. The molecule has 0 bridgehead atoms. The first-order valence-electron chi connectivity index (χ1n) is 5.54. The predicted molar refractivity (Wildman–Crippen MR) is 66.1 cm³/mol. The van der Waals surface area contributed by atoms with E-state index >= 15 is 0 Å². The summed E-state index contributed by atoms with van der Waals surface area (Å²) < 4.78 is 4.98. The second kappa shape index (κ2) is 6.04. The summed E-state index contributed by atoms with van der Waals surface area (Å²) >= 11 is 0. The smallest absolute Gasteiger partial charge is 0.323 e. The maximum absolute atomic E-state index is 11.6. The third-order valence-corrected chi connectivity index (χ3v) is 2.21. The molecule has 1 rings (SSSR count). The van der Waals surface area contributed by atoms with Crippen LogP contribution in [0.2, 0.25) is 0 Å². The van der Waals surface area contributed by atoms with Crippen LogP contribution in [0.4, 0.5) is 5.82 Å². The lowest BCUT2D eigenvalue weighted by Crippen LogP contribution is -2.35. The van der Waals surface area contributed by atoms with Crippen molar-refractivity contribution in [3.63, 3.8) is 0 Å². The molecule has 1 heterocycles. The first kappa shape index (κ1) is 14.0. The van der Waals surface area contributed by atoms with E-state index in [1.54, 1.807) is 0 Å². The van der Waals surface area contributed by atoms with Crippen LogP contribution in [-0.4, -0.2) is 41.2 Å². The summed E-state index contributed by atoms with van der Waals surface area (Å²) in [5.41, 5.74) is -0.429. The van der Waals surface area contributed by atoms with Crippen molar-refractivity contribution < 1.29 is 14.6 Å². The second-order valence-electron chi connectivity index (χ2n) is 4.26. The van der Waals surface area contributed by atoms with Crippen molar-refractivity contribution in [2.24, 2.45) is 5.92 Å². The number of methoxy groups -OCH3 is 1. The number of nitrogens with zero attached hydrogens (tertiary/aromatic N) is 2. The van der Waals surface area contributed by atoms with Crippen LogP contribution >= 0.6 is 0 Å². The van der Waals surface area contributed by atoms with Gasteiger partial charge < -0.3 is 19.7 Å². The first-order valence-corrected chi connectivity index (χ1v) is 5.54. The Balaban J connectivity index is 3.15. The maximum Gasteiger partial charge on any atom is 0.323 e. The topological polar surface area (TPSA) is 95.5 Å². The Kier molecular flexibility index (Phi) is 4.70. The molecule has 0 radical (unpaired) electrons. The van der Waals surface area contributed by atoms with Crippen LogP contribution in [0.1, 0.15) is 13.8 Å². The average molecular weight is 255 g/mol. The number of carboxylic acids is 1. The quantitative estimate of drug-likeness (QED) is 0.760. The summed E-state index contributed by atoms with van der Waals surface area (Å²) in [6.45, 7) is 4.15. The van der Waals surface area contributed by atoms with Crippen LogP contribution in [0.25, 0.3) is 0 Å². The van der Waals surface area contributed by atoms with Crippen LogP contribution in [-0.2, 0) is 4.79 Å². The molecule has 2 N–H and O–H groups in total. The molecule has 1 aromatic rings. The fourth-order valence-corrected chi connectivity index (χ4v) is 1.62. The lowest BCUT2D eigenvalue weighted by atomic mass is 10.2. The van der Waals surface area contributed by atoms with E-state index in [2.05, 4.69) is 9.97 Å². The van der Waals surface area contributed by atoms with Crippen LogP contribution in [0.15, 0.2) is 11.1 Å². The molecule has 18 heavy (non-hydrogen) atoms. The van der Waals surface area contributed by atoms with Gasteiger partial charge in [0.05, 0.1) is 13.4 Å². The molecular formula is C11H17N3O4. The zero-order valence-corrected chi connectivity index (χ0v) is 10.6. The van der Waals surface area contributed by atoms with Crippen molar-refractivity contribution in [3.8, 4) is 5.75 Å². The van der Waals surface area contributed by atoms with Gasteiger partial charge in [0, 0.05) is 6.54 Å². The highest BCUT2D eigenvalue weighted by Crippen LogP contribution is 2.21. The summed E-state index contributed by atoms with van der Waals surface area (Å²) in [5, 5.41) is 8.89. The highest BCUT2D eigenvalue weighted by atomic mass is 16.5. The van der Waals surface area contributed by atoms with Gasteiger partial charge in [-0.05, 0) is 5.92 Å². The Morgan fingerprint density at radius 1 is 1.61 bits per heavy atom. The van der Waals surface area contributed by atoms with Gasteiger partial charge >= 0.3 is 5.97 Å². The highest BCUT2D eigenvalue weighted by Gasteiger charge is 2.19. The van der Waals surface area contributed by atoms with Crippen molar-refractivity contribution in [1.82, 2.24) is 9.97 Å². The van der Waals surface area contributed by atoms with E-state index in [-0.39, 0.29) is 24.0 Å². The van der Waals surface area contributed by atoms with Crippen LogP contribution in [0.3, 0.4) is 0 Å². The number of aromatic nitrogens is 2. The van der Waals surface area contributed by atoms with E-state index in [1.165, 1.54) is 18.3 Å². The molecule has 7 nitrogen and oxygen atoms in total. The number of carbonyl (C=O) groups is 1. The van der Waals surface area contributed by atoms with Gasteiger partial charge in [-0.2, -0.15) is 0 Å². The minimum absolute atomic E-state index is 0.0272. The Morgan fingerprint density at radius 2 is 2.28 bits per heavy atom. The number of anilines is 1. The van der Waals surface area contributed by atoms with E-state index < -0.39 is 11.5 Å². The normalized spacial score (nSPS) is 10.4. The van der Waals surface area contributed by atoms with Gasteiger partial charge in [-0.25, -0.2) is 4.98 Å². The van der Waals surface area contributed by atoms with Crippen LogP contribution < -0.4 is 15.2 Å². The molecule has 0 aromatic carbocycles. The van der Waals surface area contributed by atoms with E-state index in [1.807, 2.05) is 13.8 Å². The van der Waals surface area contributed by atoms with E-state index in [9.17, 15) is 9.59 Å². The van der Waals surface area contributed by atoms with Gasteiger partial charge in [0.15, 0.2) is 5.82 Å². The molecule has 1 aromatic heterocycles. The molecule has 0 saturated carbocycles. The predicted octanol–water partition coefficient (Wildman–Crippen LogP) is 0.325. The van der Waals surface area contributed by atoms with Gasteiger partial charge in [0.1, 0.15) is 6.54 Å². The molecule has 0 fully saturated rings. The summed E-state index contributed by atoms with van der Waals surface area (Å²) in [5.74, 6) is -0.480. The van der Waals surface area contributed by atoms with E-state index in [0.717, 1.165) is 0 Å². The van der Waals surface area contributed by atoms with Crippen LogP contribution in [0, 0.1) is 5.92 Å². The van der Waals surface area contributed by atoms with Crippen molar-refractivity contribution in [2.45, 2.75) is 13.8 Å². The fourth-order valence-electron chi connectivity index (χ4n) is 1.62. The number of nitrogens with one attached hydrogen (secondary N) is 1. The van der Waals surface area contributed by atoms with Gasteiger partial charge in [0.25, 0.3) is 5.56 Å². The highest BCUT2D eigenvalue weighted by molar-refractivity contribution is 5.74. The fraction of sp³-hybridized carbons (Fsp3) is 0.545. The molecule has 100 valence electrons. The van der Waals surface area contributed by atoms with Gasteiger partial charge in [-0.1, -0.05) is 13.8 Å². The number of hydrogen-bond donors (Lipinski definition) is 2. The number of aromatic amines is 1. The zero-order valence-electron chi connectivity index (χ0n) is 10.6. The number of hydrogen-bond acceptors (Lipinski definition) is 5. The third kappa shape index (κ3) is 3.47. The molecule has 7 heteroatoms. The SMILES string of the molecule is COc1c(N(CC(=O)O)CC(C)C)nc[nH]c1=O. The summed E-state index contributed by atoms with van der Waals surface area (Å²) in [4.78, 5) is 30.3. The summed E-state index contributed by atoms with van der Waals surface area (Å²) in [7, 11) is 1.35. The molecule has 0 spiro atoms. The van der Waals surface area contributed by atoms with Crippen molar-refractivity contribution in [1.29, 1.82) is 0 Å². The van der Waals surface area contributed by atoms with E-state index in [0.29, 0.717) is 6.54 Å². The third-order valence-electron chi connectivity index (χ3n) is 2.21. The molecule has 0 atom stereocenters. The van der Waals surface area contributed by atoms with Gasteiger partial charge in [-0.3, -0.25) is 9.59 Å². The Morgan fingerprint density at radius 3 is 2.78 bits per heavy atom. The van der Waals surface area contributed by atoms with Crippen molar-refractivity contribution in [3.05, 3.63) is 16.7 Å². The number of ether oxygens (including phenoxy) is 1. The van der Waals surface area contributed by atoms with Crippen LogP contribution in [0.5, 0.6) is 5.75 Å². The molecule has 0 amide bonds. The molecule has 0 saturated heterocycles. The Bertz CT molecular complexity index is 470. The first-order chi connectivity index (χ1) is 8.45. The molecule has 0 aliphatic carbocycles. The number of H-pyrrole nitrogens is 1. The minimum Gasteiger partial charge on any atom is -0.489 e. The number of carboxylic acid groups (broad SMARTS) is 1. The molecule has 0 unspecified atom stereocenters. The monoisotopic (exact) mass is 255 g/mol. The largest absolute Gasteiger partial charge is 0.489 e. The number of rotatable bonds is 6. The summed E-state index contributed by atoms with van der Waals surface area (Å²) in [6.07, 6.45) is 1.23. The Hall–Kier alpha value is -2.05. The van der Waals surface area contributed by atoms with Crippen molar-refractivity contribution in [2.75, 3.05) is 25.1 Å². The standard InChI is InChI=1S/C11H17N3O4/c1-7(2)4-14(5-8(15)16)10-9(18-3)11(17)13-6-12-10/h6-7H,4-5H2,1-3H3,(H,15,16)(H,12,13,17). The minimum atomic E-state index is -0.986. The number of aliphatic carboxylic acids is 1. The lowest BCUT2D eigenvalue weighted by Gasteiger charge is -2.24. The zero-order chi connectivity index (χ0) is 13.7. The van der Waals surface area contributed by atoms with E-state index in [4.69, 9.17) is 9.84 Å². The van der Waals surface area contributed by atoms with Gasteiger partial charge in [-0.15, -0.1) is 0 Å².